The van der Waals surface area contributed by atoms with Crippen LogP contribution in [0.1, 0.15) is 31.4 Å². The van der Waals surface area contributed by atoms with Crippen LogP contribution in [0, 0.1) is 0 Å². The van der Waals surface area contributed by atoms with E-state index in [0.717, 1.165) is 24.1 Å². The molecule has 1 saturated carbocycles. The van der Waals surface area contributed by atoms with Crippen LogP contribution in [-0.2, 0) is 4.79 Å². The number of nitrogens with zero attached hydrogens (tertiary/aromatic N) is 1. The minimum absolute atomic E-state index is 0.232. The van der Waals surface area contributed by atoms with E-state index in [1.165, 1.54) is 0 Å². The van der Waals surface area contributed by atoms with Crippen molar-refractivity contribution >= 4 is 40.5 Å². The Kier molecular flexibility index (Phi) is 6.07. The molecule has 6 nitrogen and oxygen atoms in total. The second-order valence-corrected chi connectivity index (χ2v) is 8.38. The summed E-state index contributed by atoms with van der Waals surface area (Å²) in [5.41, 5.74) is 2.90. The quantitative estimate of drug-likeness (QED) is 0.615. The number of rotatable bonds is 6. The van der Waals surface area contributed by atoms with Crippen LogP contribution in [0.3, 0.4) is 0 Å². The standard InChI is InChI=1S/C23H24ClN3O3S/c1-13-20(22(28)25-18-12-17(29-2)10-11-19(18)30-3)21(14-4-6-15(24)7-5-14)26-23(31)27(13)16-8-9-16/h4-7,10-12,16,21H,8-9H2,1-3H3,(H,25,28)(H,26,31). The SMILES string of the molecule is COc1ccc(OC)c(NC(=O)C2=C(C)N(C3CC3)C(=S)NC2c2ccc(Cl)cc2)c1. The predicted molar refractivity (Wildman–Crippen MR) is 126 cm³/mol. The first-order valence-electron chi connectivity index (χ1n) is 10.0. The Morgan fingerprint density at radius 1 is 1.16 bits per heavy atom. The molecule has 2 aromatic rings. The highest BCUT2D eigenvalue weighted by Gasteiger charge is 2.40. The summed E-state index contributed by atoms with van der Waals surface area (Å²) in [6.07, 6.45) is 2.12. The van der Waals surface area contributed by atoms with Crippen molar-refractivity contribution in [3.05, 3.63) is 64.3 Å². The molecule has 2 N–H and O–H groups in total. The van der Waals surface area contributed by atoms with Gasteiger partial charge in [0.25, 0.3) is 5.91 Å². The molecule has 2 aliphatic rings. The topological polar surface area (TPSA) is 62.8 Å². The Balaban J connectivity index is 1.74. The van der Waals surface area contributed by atoms with Gasteiger partial charge >= 0.3 is 0 Å². The number of benzene rings is 2. The molecule has 0 saturated heterocycles. The van der Waals surface area contributed by atoms with E-state index in [0.29, 0.717) is 38.9 Å². The van der Waals surface area contributed by atoms with Gasteiger partial charge in [0.05, 0.1) is 31.5 Å². The number of hydrogen-bond donors (Lipinski definition) is 2. The molecule has 1 aliphatic carbocycles. The predicted octanol–water partition coefficient (Wildman–Crippen LogP) is 4.66. The lowest BCUT2D eigenvalue weighted by Gasteiger charge is -2.38. The van der Waals surface area contributed by atoms with E-state index in [1.54, 1.807) is 32.4 Å². The number of halogens is 1. The van der Waals surface area contributed by atoms with E-state index in [4.69, 9.17) is 33.3 Å². The van der Waals surface area contributed by atoms with Gasteiger partial charge in [-0.2, -0.15) is 0 Å². The lowest BCUT2D eigenvalue weighted by molar-refractivity contribution is -0.113. The van der Waals surface area contributed by atoms with Crippen molar-refractivity contribution in [2.24, 2.45) is 0 Å². The zero-order valence-corrected chi connectivity index (χ0v) is 19.1. The number of amides is 1. The minimum atomic E-state index is -0.392. The van der Waals surface area contributed by atoms with E-state index in [2.05, 4.69) is 15.5 Å². The van der Waals surface area contributed by atoms with E-state index in [-0.39, 0.29) is 5.91 Å². The van der Waals surface area contributed by atoms with Crippen molar-refractivity contribution < 1.29 is 14.3 Å². The average Bonchev–Trinajstić information content (AvgIpc) is 3.58. The third-order valence-electron chi connectivity index (χ3n) is 5.54. The van der Waals surface area contributed by atoms with Crippen LogP contribution in [0.25, 0.3) is 0 Å². The molecule has 0 aromatic heterocycles. The first-order chi connectivity index (χ1) is 14.9. The second-order valence-electron chi connectivity index (χ2n) is 7.55. The summed E-state index contributed by atoms with van der Waals surface area (Å²) in [5, 5.41) is 7.63. The summed E-state index contributed by atoms with van der Waals surface area (Å²) < 4.78 is 10.7. The number of hydrogen-bond acceptors (Lipinski definition) is 4. The van der Waals surface area contributed by atoms with Gasteiger partial charge in [0.15, 0.2) is 5.11 Å². The summed E-state index contributed by atoms with van der Waals surface area (Å²) in [4.78, 5) is 15.6. The molecular formula is C23H24ClN3O3S. The summed E-state index contributed by atoms with van der Waals surface area (Å²) in [5.74, 6) is 0.942. The van der Waals surface area contributed by atoms with Gasteiger partial charge < -0.3 is 25.0 Å². The van der Waals surface area contributed by atoms with Gasteiger partial charge in [0.1, 0.15) is 11.5 Å². The molecule has 1 amide bonds. The molecule has 0 spiro atoms. The molecule has 0 bridgehead atoms. The van der Waals surface area contributed by atoms with Gasteiger partial charge in [-0.25, -0.2) is 0 Å². The Labute approximate surface area is 192 Å². The van der Waals surface area contributed by atoms with E-state index < -0.39 is 6.04 Å². The Hall–Kier alpha value is -2.77. The van der Waals surface area contributed by atoms with Crippen molar-refractivity contribution in [3.63, 3.8) is 0 Å². The molecule has 1 fully saturated rings. The fraction of sp³-hybridized carbons (Fsp3) is 0.304. The van der Waals surface area contributed by atoms with Gasteiger partial charge in [0.2, 0.25) is 0 Å². The fourth-order valence-electron chi connectivity index (χ4n) is 3.83. The van der Waals surface area contributed by atoms with Crippen LogP contribution < -0.4 is 20.1 Å². The lowest BCUT2D eigenvalue weighted by atomic mass is 9.94. The van der Waals surface area contributed by atoms with Crippen LogP contribution in [0.5, 0.6) is 11.5 Å². The molecule has 1 heterocycles. The van der Waals surface area contributed by atoms with Gasteiger partial charge in [-0.15, -0.1) is 0 Å². The lowest BCUT2D eigenvalue weighted by Crippen LogP contribution is -2.49. The van der Waals surface area contributed by atoms with Crippen molar-refractivity contribution in [3.8, 4) is 11.5 Å². The van der Waals surface area contributed by atoms with Crippen LogP contribution in [0.2, 0.25) is 5.02 Å². The summed E-state index contributed by atoms with van der Waals surface area (Å²) >= 11 is 11.7. The van der Waals surface area contributed by atoms with Gasteiger partial charge in [-0.1, -0.05) is 23.7 Å². The average molecular weight is 458 g/mol. The number of ether oxygens (including phenoxy) is 2. The molecular weight excluding hydrogens is 434 g/mol. The molecule has 0 radical (unpaired) electrons. The molecule has 4 rings (SSSR count). The molecule has 2 aromatic carbocycles. The van der Waals surface area contributed by atoms with Crippen molar-refractivity contribution in [2.45, 2.75) is 31.8 Å². The van der Waals surface area contributed by atoms with Crippen LogP contribution in [0.4, 0.5) is 5.69 Å². The molecule has 31 heavy (non-hydrogen) atoms. The number of nitrogens with one attached hydrogen (secondary N) is 2. The second kappa shape index (κ2) is 8.77. The zero-order chi connectivity index (χ0) is 22.1. The summed E-state index contributed by atoms with van der Waals surface area (Å²) in [6, 6.07) is 12.7. The van der Waals surface area contributed by atoms with E-state index >= 15 is 0 Å². The van der Waals surface area contributed by atoms with Crippen LogP contribution >= 0.6 is 23.8 Å². The number of allylic oxidation sites excluding steroid dienone is 1. The molecule has 1 aliphatic heterocycles. The smallest absolute Gasteiger partial charge is 0.255 e. The highest BCUT2D eigenvalue weighted by Crippen LogP contribution is 2.39. The Morgan fingerprint density at radius 3 is 2.48 bits per heavy atom. The normalized spacial score (nSPS) is 18.5. The zero-order valence-electron chi connectivity index (χ0n) is 17.6. The first kappa shape index (κ1) is 21.5. The third-order valence-corrected chi connectivity index (χ3v) is 6.11. The van der Waals surface area contributed by atoms with Gasteiger partial charge in [-0.05, 0) is 61.8 Å². The molecule has 8 heteroatoms. The summed E-state index contributed by atoms with van der Waals surface area (Å²) in [6.45, 7) is 1.95. The number of thiocarbonyl (C=S) groups is 1. The van der Waals surface area contributed by atoms with Crippen molar-refractivity contribution in [1.29, 1.82) is 0 Å². The van der Waals surface area contributed by atoms with E-state index in [1.807, 2.05) is 31.2 Å². The third kappa shape index (κ3) is 4.34. The first-order valence-corrected chi connectivity index (χ1v) is 10.8. The Bertz CT molecular complexity index is 1050. The number of carbonyl (C=O) groups excluding carboxylic acids is 1. The summed E-state index contributed by atoms with van der Waals surface area (Å²) in [7, 11) is 3.14. The van der Waals surface area contributed by atoms with Crippen LogP contribution in [0.15, 0.2) is 53.7 Å². The van der Waals surface area contributed by atoms with Crippen LogP contribution in [-0.4, -0.2) is 36.2 Å². The van der Waals surface area contributed by atoms with Crippen molar-refractivity contribution in [1.82, 2.24) is 10.2 Å². The van der Waals surface area contributed by atoms with E-state index in [9.17, 15) is 4.79 Å². The van der Waals surface area contributed by atoms with Gasteiger partial charge in [-0.3, -0.25) is 4.79 Å². The fourth-order valence-corrected chi connectivity index (χ4v) is 4.36. The molecule has 162 valence electrons. The Morgan fingerprint density at radius 2 is 1.87 bits per heavy atom. The molecule has 1 atom stereocenters. The maximum absolute atomic E-state index is 13.6. The monoisotopic (exact) mass is 457 g/mol. The highest BCUT2D eigenvalue weighted by atomic mass is 35.5. The number of anilines is 1. The minimum Gasteiger partial charge on any atom is -0.497 e. The number of carbonyl (C=O) groups is 1. The highest BCUT2D eigenvalue weighted by molar-refractivity contribution is 7.80. The maximum atomic E-state index is 13.6. The number of methoxy groups -OCH3 is 2. The van der Waals surface area contributed by atoms with Crippen molar-refractivity contribution in [2.75, 3.05) is 19.5 Å². The maximum Gasteiger partial charge on any atom is 0.255 e. The molecule has 1 unspecified atom stereocenters. The largest absolute Gasteiger partial charge is 0.497 e. The van der Waals surface area contributed by atoms with Gasteiger partial charge in [0, 0.05) is 22.8 Å².